The van der Waals surface area contributed by atoms with Crippen LogP contribution in [0.2, 0.25) is 5.02 Å². The fourth-order valence-corrected chi connectivity index (χ4v) is 2.90. The lowest BCUT2D eigenvalue weighted by Crippen LogP contribution is -2.14. The highest BCUT2D eigenvalue weighted by atomic mass is 35.5. The van der Waals surface area contributed by atoms with E-state index in [4.69, 9.17) is 11.6 Å². The molecule has 0 bridgehead atoms. The molecule has 0 atom stereocenters. The average Bonchev–Trinajstić information content (AvgIpc) is 3.21. The van der Waals surface area contributed by atoms with Crippen molar-refractivity contribution in [2.45, 2.75) is 13.8 Å². The summed E-state index contributed by atoms with van der Waals surface area (Å²) >= 11 is 6.43. The van der Waals surface area contributed by atoms with E-state index in [-0.39, 0.29) is 5.82 Å². The molecule has 0 aliphatic carbocycles. The van der Waals surface area contributed by atoms with Crippen molar-refractivity contribution in [3.63, 3.8) is 0 Å². The van der Waals surface area contributed by atoms with Crippen molar-refractivity contribution < 1.29 is 4.39 Å². The first-order valence-corrected chi connectivity index (χ1v) is 8.76. The molecule has 0 unspecified atom stereocenters. The highest BCUT2D eigenvalue weighted by Gasteiger charge is 2.14. The summed E-state index contributed by atoms with van der Waals surface area (Å²) in [6.07, 6.45) is 1.70. The number of aromatic amines is 1. The van der Waals surface area contributed by atoms with Crippen LogP contribution >= 0.6 is 11.6 Å². The number of hydrogen-bond acceptors (Lipinski definition) is 5. The second-order valence-corrected chi connectivity index (χ2v) is 6.38. The predicted octanol–water partition coefficient (Wildman–Crippen LogP) is 4.21. The van der Waals surface area contributed by atoms with Gasteiger partial charge in [-0.3, -0.25) is 10.1 Å². The largest absolute Gasteiger partial charge is 0.324 e. The van der Waals surface area contributed by atoms with Gasteiger partial charge in [-0.05, 0) is 50.9 Å². The highest BCUT2D eigenvalue weighted by molar-refractivity contribution is 6.35. The summed E-state index contributed by atoms with van der Waals surface area (Å²) < 4.78 is 14.8. The summed E-state index contributed by atoms with van der Waals surface area (Å²) in [7, 11) is 1.67. The highest BCUT2D eigenvalue weighted by Crippen LogP contribution is 2.32. The van der Waals surface area contributed by atoms with E-state index in [0.29, 0.717) is 33.8 Å². The molecule has 1 aromatic carbocycles. The van der Waals surface area contributed by atoms with E-state index in [0.717, 1.165) is 11.4 Å². The van der Waals surface area contributed by atoms with Crippen molar-refractivity contribution in [3.8, 4) is 11.3 Å². The number of hydrogen-bond donors (Lipinski definition) is 2. The fraction of sp³-hybridized carbons (Fsp3) is 0.158. The van der Waals surface area contributed by atoms with Crippen LogP contribution in [0, 0.1) is 19.7 Å². The van der Waals surface area contributed by atoms with Gasteiger partial charge >= 0.3 is 0 Å². The van der Waals surface area contributed by atoms with Crippen LogP contribution in [0.5, 0.6) is 0 Å². The molecular formula is C19H19ClFN7. The van der Waals surface area contributed by atoms with E-state index in [1.165, 1.54) is 12.1 Å². The van der Waals surface area contributed by atoms with Gasteiger partial charge in [-0.1, -0.05) is 11.6 Å². The Bertz CT molecular complexity index is 1060. The number of aliphatic imine (C=N–C) groups is 2. The lowest BCUT2D eigenvalue weighted by Gasteiger charge is -2.08. The van der Waals surface area contributed by atoms with Crippen LogP contribution < -0.4 is 5.32 Å². The van der Waals surface area contributed by atoms with Gasteiger partial charge in [0.2, 0.25) is 0 Å². The zero-order valence-electron chi connectivity index (χ0n) is 15.7. The van der Waals surface area contributed by atoms with Crippen LogP contribution in [0.15, 0.2) is 52.2 Å². The van der Waals surface area contributed by atoms with Gasteiger partial charge in [-0.15, -0.1) is 0 Å². The molecule has 3 rings (SSSR count). The summed E-state index contributed by atoms with van der Waals surface area (Å²) in [5.74, 6) is 1.09. The standard InChI is InChI=1S/C19H19ClFN7/c1-11-9-12(2)28(27-11)16(23-4)10-15(22-3)24-19-17(20)18(25-26-19)13-5-7-14(21)8-6-13/h5-10H,3H2,1-2,4H3,(H2,24,25,26)/b15-10+,23-16+. The number of aryl methyl sites for hydroxylation is 2. The Morgan fingerprint density at radius 2 is 2.04 bits per heavy atom. The molecule has 28 heavy (non-hydrogen) atoms. The molecule has 144 valence electrons. The van der Waals surface area contributed by atoms with E-state index in [1.807, 2.05) is 19.9 Å². The molecule has 0 amide bonds. The zero-order valence-corrected chi connectivity index (χ0v) is 16.4. The first-order chi connectivity index (χ1) is 13.4. The van der Waals surface area contributed by atoms with E-state index in [2.05, 4.69) is 37.3 Å². The fourth-order valence-electron chi connectivity index (χ4n) is 2.66. The molecule has 9 heteroatoms. The molecule has 0 saturated heterocycles. The number of nitrogens with zero attached hydrogens (tertiary/aromatic N) is 5. The smallest absolute Gasteiger partial charge is 0.152 e. The van der Waals surface area contributed by atoms with Crippen LogP contribution in [-0.4, -0.2) is 39.6 Å². The Balaban J connectivity index is 1.89. The molecule has 2 heterocycles. The zero-order chi connectivity index (χ0) is 20.3. The third-order valence-electron chi connectivity index (χ3n) is 3.97. The SMILES string of the molecule is C=N/C(=C\C(=N/C)n1nc(C)cc1C)Nc1[nH]nc(-c2ccc(F)cc2)c1Cl. The molecular weight excluding hydrogens is 381 g/mol. The average molecular weight is 400 g/mol. The van der Waals surface area contributed by atoms with E-state index in [9.17, 15) is 4.39 Å². The Hall–Kier alpha value is -3.26. The number of halogens is 2. The van der Waals surface area contributed by atoms with Crippen molar-refractivity contribution in [2.75, 3.05) is 12.4 Å². The lowest BCUT2D eigenvalue weighted by atomic mass is 10.1. The van der Waals surface area contributed by atoms with Crippen molar-refractivity contribution >= 4 is 30.0 Å². The lowest BCUT2D eigenvalue weighted by molar-refractivity contribution is 0.628. The summed E-state index contributed by atoms with van der Waals surface area (Å²) in [6.45, 7) is 7.43. The molecule has 3 aromatic rings. The number of nitrogens with one attached hydrogen (secondary N) is 2. The van der Waals surface area contributed by atoms with Gasteiger partial charge in [0.05, 0.1) is 5.69 Å². The van der Waals surface area contributed by atoms with Gasteiger partial charge in [0, 0.05) is 24.4 Å². The molecule has 0 spiro atoms. The second-order valence-electron chi connectivity index (χ2n) is 6.00. The van der Waals surface area contributed by atoms with E-state index < -0.39 is 0 Å². The quantitative estimate of drug-likeness (QED) is 0.498. The van der Waals surface area contributed by atoms with Crippen molar-refractivity contribution in [1.29, 1.82) is 0 Å². The first kappa shape index (κ1) is 19.5. The number of aromatic nitrogens is 4. The van der Waals surface area contributed by atoms with Crippen LogP contribution in [0.4, 0.5) is 10.2 Å². The van der Waals surface area contributed by atoms with Gasteiger partial charge in [0.1, 0.15) is 28.2 Å². The summed E-state index contributed by atoms with van der Waals surface area (Å²) in [5, 5.41) is 14.8. The monoisotopic (exact) mass is 399 g/mol. The maximum atomic E-state index is 13.1. The van der Waals surface area contributed by atoms with Crippen LogP contribution in [0.25, 0.3) is 11.3 Å². The molecule has 2 aromatic heterocycles. The number of benzene rings is 1. The summed E-state index contributed by atoms with van der Waals surface area (Å²) in [5.41, 5.74) is 3.01. The minimum absolute atomic E-state index is 0.328. The number of allylic oxidation sites excluding steroid dienone is 1. The molecule has 2 N–H and O–H groups in total. The molecule has 0 saturated carbocycles. The van der Waals surface area contributed by atoms with Gasteiger partial charge in [0.15, 0.2) is 5.84 Å². The normalized spacial score (nSPS) is 12.3. The molecule has 0 aliphatic heterocycles. The van der Waals surface area contributed by atoms with Gasteiger partial charge in [-0.2, -0.15) is 10.2 Å². The Morgan fingerprint density at radius 1 is 1.32 bits per heavy atom. The minimum Gasteiger partial charge on any atom is -0.324 e. The number of H-pyrrole nitrogens is 1. The summed E-state index contributed by atoms with van der Waals surface area (Å²) in [4.78, 5) is 8.25. The number of rotatable bonds is 5. The maximum absolute atomic E-state index is 13.1. The van der Waals surface area contributed by atoms with Crippen LogP contribution in [-0.2, 0) is 0 Å². The van der Waals surface area contributed by atoms with Crippen molar-refractivity contribution in [2.24, 2.45) is 9.98 Å². The summed E-state index contributed by atoms with van der Waals surface area (Å²) in [6, 6.07) is 7.86. The van der Waals surface area contributed by atoms with Gasteiger partial charge in [0.25, 0.3) is 0 Å². The van der Waals surface area contributed by atoms with E-state index >= 15 is 0 Å². The molecule has 0 fully saturated rings. The molecule has 0 radical (unpaired) electrons. The number of anilines is 1. The molecule has 7 nitrogen and oxygen atoms in total. The third-order valence-corrected chi connectivity index (χ3v) is 4.34. The Morgan fingerprint density at radius 3 is 2.61 bits per heavy atom. The van der Waals surface area contributed by atoms with Crippen molar-refractivity contribution in [1.82, 2.24) is 20.0 Å². The first-order valence-electron chi connectivity index (χ1n) is 8.38. The minimum atomic E-state index is -0.328. The van der Waals surface area contributed by atoms with E-state index in [1.54, 1.807) is 29.9 Å². The molecule has 0 aliphatic rings. The second kappa shape index (κ2) is 8.18. The van der Waals surface area contributed by atoms with Gasteiger partial charge < -0.3 is 5.32 Å². The van der Waals surface area contributed by atoms with Gasteiger partial charge in [-0.25, -0.2) is 14.1 Å². The topological polar surface area (TPSA) is 83.2 Å². The third kappa shape index (κ3) is 4.01. The van der Waals surface area contributed by atoms with Crippen LogP contribution in [0.1, 0.15) is 11.4 Å². The van der Waals surface area contributed by atoms with Crippen LogP contribution in [0.3, 0.4) is 0 Å². The van der Waals surface area contributed by atoms with Crippen molar-refractivity contribution in [3.05, 3.63) is 64.5 Å². The maximum Gasteiger partial charge on any atom is 0.152 e. The Labute approximate surface area is 166 Å². The Kier molecular flexibility index (Phi) is 5.70. The predicted molar refractivity (Wildman–Crippen MR) is 111 cm³/mol.